The van der Waals surface area contributed by atoms with E-state index in [0.29, 0.717) is 6.42 Å². The molecule has 0 saturated carbocycles. The quantitative estimate of drug-likeness (QED) is 0.0421. The van der Waals surface area contributed by atoms with Crippen LogP contribution in [0.2, 0.25) is 0 Å². The second kappa shape index (κ2) is 53.4. The molecule has 4 nitrogen and oxygen atoms in total. The highest BCUT2D eigenvalue weighted by atomic mass is 16.3. The molecule has 0 spiro atoms. The highest BCUT2D eigenvalue weighted by Gasteiger charge is 2.17. The van der Waals surface area contributed by atoms with Gasteiger partial charge in [0.1, 0.15) is 0 Å². The number of aliphatic hydroxyl groups is 2. The Kier molecular flexibility index (Phi) is 51.8. The summed E-state index contributed by atoms with van der Waals surface area (Å²) in [6, 6.07) is -0.647. The van der Waals surface area contributed by atoms with Crippen LogP contribution in [0.15, 0.2) is 60.8 Å². The third kappa shape index (κ3) is 49.1. The number of nitrogens with one attached hydrogen (secondary N) is 1. The van der Waals surface area contributed by atoms with Crippen molar-refractivity contribution in [3.05, 3.63) is 60.8 Å². The Labute approximate surface area is 387 Å². The fourth-order valence-electron chi connectivity index (χ4n) is 8.24. The molecule has 0 aliphatic rings. The van der Waals surface area contributed by atoms with Crippen molar-refractivity contribution in [2.75, 3.05) is 6.61 Å². The van der Waals surface area contributed by atoms with Crippen LogP contribution in [0.4, 0.5) is 0 Å². The second-order valence-corrected chi connectivity index (χ2v) is 18.6. The van der Waals surface area contributed by atoms with Crippen molar-refractivity contribution in [1.29, 1.82) is 0 Å². The van der Waals surface area contributed by atoms with E-state index in [1.807, 2.05) is 6.08 Å². The molecular formula is C58H107NO3. The van der Waals surface area contributed by atoms with Crippen molar-refractivity contribution >= 4 is 5.91 Å². The number of allylic oxidation sites excluding steroid dienone is 9. The molecule has 0 fully saturated rings. The van der Waals surface area contributed by atoms with Gasteiger partial charge in [-0.2, -0.15) is 0 Å². The average Bonchev–Trinajstić information content (AvgIpc) is 3.28. The Bertz CT molecular complexity index is 1030. The van der Waals surface area contributed by atoms with E-state index in [0.717, 1.165) is 44.9 Å². The largest absolute Gasteiger partial charge is 0.394 e. The van der Waals surface area contributed by atoms with E-state index in [-0.39, 0.29) is 12.5 Å². The van der Waals surface area contributed by atoms with Crippen LogP contribution in [0.5, 0.6) is 0 Å². The van der Waals surface area contributed by atoms with Gasteiger partial charge in [0.05, 0.1) is 18.8 Å². The van der Waals surface area contributed by atoms with Gasteiger partial charge in [0.2, 0.25) is 5.91 Å². The van der Waals surface area contributed by atoms with Crippen molar-refractivity contribution in [2.45, 2.75) is 296 Å². The molecule has 0 radical (unpaired) electrons. The molecular weight excluding hydrogens is 759 g/mol. The summed E-state index contributed by atoms with van der Waals surface area (Å²) in [5.74, 6) is -0.0758. The van der Waals surface area contributed by atoms with Gasteiger partial charge < -0.3 is 15.5 Å². The summed E-state index contributed by atoms with van der Waals surface area (Å²) in [5, 5.41) is 23.1. The van der Waals surface area contributed by atoms with Crippen LogP contribution in [0, 0.1) is 0 Å². The van der Waals surface area contributed by atoms with Gasteiger partial charge in [0.15, 0.2) is 0 Å². The number of aliphatic hydroxyl groups excluding tert-OH is 2. The summed E-state index contributed by atoms with van der Waals surface area (Å²) in [6.07, 6.45) is 75.2. The number of rotatable bonds is 50. The summed E-state index contributed by atoms with van der Waals surface area (Å²) in [6.45, 7) is 4.30. The topological polar surface area (TPSA) is 69.6 Å². The van der Waals surface area contributed by atoms with E-state index in [4.69, 9.17) is 0 Å². The van der Waals surface area contributed by atoms with Gasteiger partial charge >= 0.3 is 0 Å². The molecule has 0 aromatic carbocycles. The Hall–Kier alpha value is -1.91. The van der Waals surface area contributed by atoms with Gasteiger partial charge in [0.25, 0.3) is 0 Å². The fraction of sp³-hybridized carbons (Fsp3) is 0.810. The normalized spacial score (nSPS) is 13.3. The molecule has 0 aliphatic carbocycles. The molecule has 362 valence electrons. The number of carbonyl (C=O) groups excluding carboxylic acids is 1. The summed E-state index contributed by atoms with van der Waals surface area (Å²) >= 11 is 0. The summed E-state index contributed by atoms with van der Waals surface area (Å²) in [5.41, 5.74) is 0. The van der Waals surface area contributed by atoms with E-state index in [9.17, 15) is 15.0 Å². The third-order valence-electron chi connectivity index (χ3n) is 12.5. The number of carbonyl (C=O) groups is 1. The van der Waals surface area contributed by atoms with Gasteiger partial charge in [0, 0.05) is 6.42 Å². The van der Waals surface area contributed by atoms with Gasteiger partial charge in [-0.15, -0.1) is 0 Å². The first-order valence-electron chi connectivity index (χ1n) is 27.5. The van der Waals surface area contributed by atoms with E-state index in [1.165, 1.54) is 218 Å². The van der Waals surface area contributed by atoms with Crippen molar-refractivity contribution in [3.8, 4) is 0 Å². The van der Waals surface area contributed by atoms with Crippen molar-refractivity contribution in [3.63, 3.8) is 0 Å². The lowest BCUT2D eigenvalue weighted by Crippen LogP contribution is -2.45. The summed E-state index contributed by atoms with van der Waals surface area (Å²) in [4.78, 5) is 12.5. The Balaban J connectivity index is 3.54. The molecule has 0 aromatic heterocycles. The van der Waals surface area contributed by atoms with Crippen LogP contribution in [-0.2, 0) is 4.79 Å². The fourth-order valence-corrected chi connectivity index (χ4v) is 8.24. The molecule has 2 atom stereocenters. The van der Waals surface area contributed by atoms with E-state index < -0.39 is 12.1 Å². The molecule has 0 saturated heterocycles. The van der Waals surface area contributed by atoms with Gasteiger partial charge in [-0.25, -0.2) is 0 Å². The van der Waals surface area contributed by atoms with Crippen molar-refractivity contribution in [2.24, 2.45) is 0 Å². The summed E-state index contributed by atoms with van der Waals surface area (Å²) < 4.78 is 0. The van der Waals surface area contributed by atoms with Crippen LogP contribution in [0.25, 0.3) is 0 Å². The minimum atomic E-state index is -0.872. The molecule has 0 aliphatic heterocycles. The lowest BCUT2D eigenvalue weighted by molar-refractivity contribution is -0.123. The molecule has 3 N–H and O–H groups in total. The van der Waals surface area contributed by atoms with Crippen LogP contribution < -0.4 is 5.32 Å². The zero-order chi connectivity index (χ0) is 44.9. The third-order valence-corrected chi connectivity index (χ3v) is 12.5. The van der Waals surface area contributed by atoms with Crippen LogP contribution in [0.1, 0.15) is 284 Å². The molecule has 0 aromatic rings. The predicted molar refractivity (Wildman–Crippen MR) is 276 cm³/mol. The molecule has 1 amide bonds. The highest BCUT2D eigenvalue weighted by molar-refractivity contribution is 5.76. The molecule has 4 heteroatoms. The number of hydrogen-bond donors (Lipinski definition) is 3. The van der Waals surface area contributed by atoms with Crippen molar-refractivity contribution in [1.82, 2.24) is 5.32 Å². The Morgan fingerprint density at radius 3 is 1.03 bits per heavy atom. The minimum Gasteiger partial charge on any atom is -0.394 e. The first-order chi connectivity index (χ1) is 30.7. The second-order valence-electron chi connectivity index (χ2n) is 18.6. The standard InChI is InChI=1S/C58H107NO3/c1-3-5-7-9-11-13-15-17-19-21-23-25-26-27-28-29-30-31-32-34-36-38-40-42-44-46-48-50-52-54-58(62)59-56(55-60)57(61)53-51-49-47-45-43-41-39-37-35-33-24-22-20-18-16-14-12-10-8-6-4-2/h15,17,21,23,35,37,43,45,51,53,56-57,60-61H,3-14,16,18-20,22,24-34,36,38-42,44,46-50,52,54-55H2,1-2H3,(H,59,62)/b17-15-,23-21-,37-35+,45-43+,53-51+. The number of amides is 1. The van der Waals surface area contributed by atoms with Gasteiger partial charge in [-0.3, -0.25) is 4.79 Å². The first kappa shape index (κ1) is 60.1. The number of hydrogen-bond acceptors (Lipinski definition) is 3. The molecule has 62 heavy (non-hydrogen) atoms. The SMILES string of the molecule is CCCCCCC/C=C\C/C=C\CCCCCCCCCCCCCCCCCCCC(=O)NC(CO)C(O)/C=C/CC/C=C/CC/C=C/CCCCCCCCCCCCC. The zero-order valence-corrected chi connectivity index (χ0v) is 41.6. The molecule has 2 unspecified atom stereocenters. The Morgan fingerprint density at radius 1 is 0.387 bits per heavy atom. The van der Waals surface area contributed by atoms with Gasteiger partial charge in [-0.1, -0.05) is 261 Å². The summed E-state index contributed by atoms with van der Waals surface area (Å²) in [7, 11) is 0. The lowest BCUT2D eigenvalue weighted by Gasteiger charge is -2.19. The number of unbranched alkanes of at least 4 members (excludes halogenated alkanes) is 35. The maximum absolute atomic E-state index is 12.5. The van der Waals surface area contributed by atoms with Crippen LogP contribution in [0.3, 0.4) is 0 Å². The highest BCUT2D eigenvalue weighted by Crippen LogP contribution is 2.16. The lowest BCUT2D eigenvalue weighted by atomic mass is 10.0. The van der Waals surface area contributed by atoms with Crippen LogP contribution in [-0.4, -0.2) is 34.9 Å². The predicted octanol–water partition coefficient (Wildman–Crippen LogP) is 18.0. The van der Waals surface area contributed by atoms with Gasteiger partial charge in [-0.05, 0) is 77.0 Å². The van der Waals surface area contributed by atoms with E-state index in [1.54, 1.807) is 6.08 Å². The van der Waals surface area contributed by atoms with Crippen LogP contribution >= 0.6 is 0 Å². The molecule has 0 heterocycles. The monoisotopic (exact) mass is 866 g/mol. The minimum absolute atomic E-state index is 0.0758. The molecule has 0 rings (SSSR count). The van der Waals surface area contributed by atoms with E-state index in [2.05, 4.69) is 67.8 Å². The van der Waals surface area contributed by atoms with E-state index >= 15 is 0 Å². The maximum Gasteiger partial charge on any atom is 0.220 e. The Morgan fingerprint density at radius 2 is 0.677 bits per heavy atom. The van der Waals surface area contributed by atoms with Crippen molar-refractivity contribution < 1.29 is 15.0 Å². The maximum atomic E-state index is 12.5. The first-order valence-corrected chi connectivity index (χ1v) is 27.5. The molecule has 0 bridgehead atoms. The smallest absolute Gasteiger partial charge is 0.220 e. The zero-order valence-electron chi connectivity index (χ0n) is 41.6. The average molecular weight is 866 g/mol.